The molecule has 0 radical (unpaired) electrons. The van der Waals surface area contributed by atoms with Crippen LogP contribution in [0.1, 0.15) is 30.4 Å². The van der Waals surface area contributed by atoms with Crippen LogP contribution in [-0.4, -0.2) is 34.5 Å². The molecule has 88 valence electrons. The van der Waals surface area contributed by atoms with Crippen molar-refractivity contribution in [3.8, 4) is 0 Å². The van der Waals surface area contributed by atoms with Crippen molar-refractivity contribution in [1.82, 2.24) is 14.9 Å². The number of nitrogens with two attached hydrogens (primary N) is 1. The molecule has 1 aliphatic heterocycles. The lowest BCUT2D eigenvalue weighted by Crippen LogP contribution is -2.27. The van der Waals surface area contributed by atoms with Crippen molar-refractivity contribution in [3.05, 3.63) is 23.3 Å². The Morgan fingerprint density at radius 1 is 1.38 bits per heavy atom. The van der Waals surface area contributed by atoms with Crippen molar-refractivity contribution < 1.29 is 0 Å². The first kappa shape index (κ1) is 11.5. The van der Waals surface area contributed by atoms with Gasteiger partial charge in [0.25, 0.3) is 0 Å². The fraction of sp³-hybridized carbons (Fsp3) is 0.667. The highest BCUT2D eigenvalue weighted by Crippen LogP contribution is 2.13. The third-order valence-corrected chi connectivity index (χ3v) is 3.09. The second-order valence-electron chi connectivity index (χ2n) is 4.30. The average Bonchev–Trinajstić information content (AvgIpc) is 2.52. The Morgan fingerprint density at radius 3 is 2.94 bits per heavy atom. The summed E-state index contributed by atoms with van der Waals surface area (Å²) in [6.45, 7) is 6.09. The van der Waals surface area contributed by atoms with Crippen LogP contribution in [0.25, 0.3) is 0 Å². The van der Waals surface area contributed by atoms with E-state index in [9.17, 15) is 0 Å². The molecule has 1 aliphatic rings. The van der Waals surface area contributed by atoms with Gasteiger partial charge >= 0.3 is 0 Å². The molecule has 2 rings (SSSR count). The van der Waals surface area contributed by atoms with E-state index in [1.165, 1.54) is 24.2 Å². The Hall–Kier alpha value is -1.00. The van der Waals surface area contributed by atoms with Crippen molar-refractivity contribution in [2.24, 2.45) is 5.73 Å². The third kappa shape index (κ3) is 2.57. The van der Waals surface area contributed by atoms with E-state index in [1.54, 1.807) is 0 Å². The van der Waals surface area contributed by atoms with Gasteiger partial charge in [-0.05, 0) is 24.9 Å². The molecule has 0 saturated carbocycles. The third-order valence-electron chi connectivity index (χ3n) is 3.09. The molecule has 0 atom stereocenters. The molecule has 0 spiro atoms. The number of hydrogen-bond acceptors (Lipinski definition) is 4. The minimum Gasteiger partial charge on any atom is -0.324 e. The fourth-order valence-corrected chi connectivity index (χ4v) is 2.20. The van der Waals surface area contributed by atoms with Crippen LogP contribution in [0, 0.1) is 0 Å². The maximum atomic E-state index is 5.56. The molecular weight excluding hydrogens is 200 g/mol. The smallest absolute Gasteiger partial charge is 0.142 e. The van der Waals surface area contributed by atoms with Gasteiger partial charge in [-0.1, -0.05) is 6.92 Å². The molecule has 0 unspecified atom stereocenters. The normalized spacial score (nSPS) is 16.9. The van der Waals surface area contributed by atoms with Gasteiger partial charge in [-0.2, -0.15) is 0 Å². The van der Waals surface area contributed by atoms with Crippen molar-refractivity contribution in [2.45, 2.75) is 32.7 Å². The SMILES string of the molecule is CCCN1CCc2cnc(CN)nc2CC1. The average molecular weight is 220 g/mol. The predicted molar refractivity (Wildman–Crippen MR) is 64.1 cm³/mol. The van der Waals surface area contributed by atoms with Gasteiger partial charge in [0.2, 0.25) is 0 Å². The number of nitrogens with zero attached hydrogens (tertiary/aromatic N) is 3. The first-order valence-corrected chi connectivity index (χ1v) is 6.09. The maximum absolute atomic E-state index is 5.56. The Morgan fingerprint density at radius 2 is 2.19 bits per heavy atom. The summed E-state index contributed by atoms with van der Waals surface area (Å²) in [7, 11) is 0. The highest BCUT2D eigenvalue weighted by atomic mass is 15.1. The Kier molecular flexibility index (Phi) is 3.85. The number of fused-ring (bicyclic) bond motifs is 1. The highest BCUT2D eigenvalue weighted by molar-refractivity contribution is 5.20. The van der Waals surface area contributed by atoms with E-state index < -0.39 is 0 Å². The first-order chi connectivity index (χ1) is 7.83. The molecule has 16 heavy (non-hydrogen) atoms. The van der Waals surface area contributed by atoms with Gasteiger partial charge in [0.05, 0.1) is 6.54 Å². The van der Waals surface area contributed by atoms with Crippen molar-refractivity contribution >= 4 is 0 Å². The summed E-state index contributed by atoms with van der Waals surface area (Å²) < 4.78 is 0. The predicted octanol–water partition coefficient (Wildman–Crippen LogP) is 0.746. The van der Waals surface area contributed by atoms with E-state index >= 15 is 0 Å². The summed E-state index contributed by atoms with van der Waals surface area (Å²) in [4.78, 5) is 11.3. The van der Waals surface area contributed by atoms with Gasteiger partial charge < -0.3 is 10.6 Å². The summed E-state index contributed by atoms with van der Waals surface area (Å²) in [5, 5.41) is 0. The van der Waals surface area contributed by atoms with E-state index in [0.717, 1.165) is 31.8 Å². The molecule has 0 bridgehead atoms. The Labute approximate surface area is 96.9 Å². The van der Waals surface area contributed by atoms with Crippen LogP contribution in [-0.2, 0) is 19.4 Å². The van der Waals surface area contributed by atoms with Gasteiger partial charge in [0, 0.05) is 31.4 Å². The van der Waals surface area contributed by atoms with Crippen LogP contribution in [0.3, 0.4) is 0 Å². The van der Waals surface area contributed by atoms with Crippen LogP contribution < -0.4 is 5.73 Å². The standard InChI is InChI=1S/C12H20N4/c1-2-5-16-6-3-10-9-14-12(8-13)15-11(10)4-7-16/h9H,2-8,13H2,1H3. The van der Waals surface area contributed by atoms with E-state index in [4.69, 9.17) is 5.73 Å². The summed E-state index contributed by atoms with van der Waals surface area (Å²) in [6, 6.07) is 0. The monoisotopic (exact) mass is 220 g/mol. The molecular formula is C12H20N4. The quantitative estimate of drug-likeness (QED) is 0.816. The van der Waals surface area contributed by atoms with Crippen LogP contribution in [0.4, 0.5) is 0 Å². The largest absolute Gasteiger partial charge is 0.324 e. The fourth-order valence-electron chi connectivity index (χ4n) is 2.20. The van der Waals surface area contributed by atoms with E-state index in [0.29, 0.717) is 6.54 Å². The molecule has 4 nitrogen and oxygen atoms in total. The zero-order chi connectivity index (χ0) is 11.4. The summed E-state index contributed by atoms with van der Waals surface area (Å²) >= 11 is 0. The van der Waals surface area contributed by atoms with Crippen molar-refractivity contribution in [3.63, 3.8) is 0 Å². The van der Waals surface area contributed by atoms with E-state index in [2.05, 4.69) is 21.8 Å². The minimum absolute atomic E-state index is 0.436. The summed E-state index contributed by atoms with van der Waals surface area (Å²) in [5.74, 6) is 0.766. The van der Waals surface area contributed by atoms with Crippen molar-refractivity contribution in [2.75, 3.05) is 19.6 Å². The number of hydrogen-bond donors (Lipinski definition) is 1. The molecule has 0 aliphatic carbocycles. The molecule has 0 amide bonds. The number of aromatic nitrogens is 2. The van der Waals surface area contributed by atoms with Gasteiger partial charge in [0.15, 0.2) is 0 Å². The molecule has 1 aromatic rings. The lowest BCUT2D eigenvalue weighted by atomic mass is 10.1. The second kappa shape index (κ2) is 5.37. The summed E-state index contributed by atoms with van der Waals surface area (Å²) in [6.07, 6.45) is 5.28. The highest BCUT2D eigenvalue weighted by Gasteiger charge is 2.14. The van der Waals surface area contributed by atoms with Gasteiger partial charge in [0.1, 0.15) is 5.82 Å². The van der Waals surface area contributed by atoms with Crippen LogP contribution >= 0.6 is 0 Å². The summed E-state index contributed by atoms with van der Waals surface area (Å²) in [5.41, 5.74) is 8.07. The first-order valence-electron chi connectivity index (χ1n) is 6.09. The van der Waals surface area contributed by atoms with Gasteiger partial charge in [-0.15, -0.1) is 0 Å². The van der Waals surface area contributed by atoms with E-state index in [-0.39, 0.29) is 0 Å². The molecule has 2 N–H and O–H groups in total. The maximum Gasteiger partial charge on any atom is 0.142 e. The molecule has 4 heteroatoms. The molecule has 0 fully saturated rings. The molecule has 0 saturated heterocycles. The zero-order valence-electron chi connectivity index (χ0n) is 9.95. The molecule has 2 heterocycles. The second-order valence-corrected chi connectivity index (χ2v) is 4.30. The van der Waals surface area contributed by atoms with E-state index in [1.807, 2.05) is 6.20 Å². The molecule has 0 aromatic carbocycles. The van der Waals surface area contributed by atoms with Crippen LogP contribution in [0.5, 0.6) is 0 Å². The minimum atomic E-state index is 0.436. The molecule has 1 aromatic heterocycles. The lowest BCUT2D eigenvalue weighted by Gasteiger charge is -2.17. The topological polar surface area (TPSA) is 55.0 Å². The van der Waals surface area contributed by atoms with Gasteiger partial charge in [-0.3, -0.25) is 0 Å². The Balaban J connectivity index is 2.11. The Bertz CT molecular complexity index is 351. The number of rotatable bonds is 3. The van der Waals surface area contributed by atoms with Gasteiger partial charge in [-0.25, -0.2) is 9.97 Å². The van der Waals surface area contributed by atoms with Crippen LogP contribution in [0.15, 0.2) is 6.20 Å². The lowest BCUT2D eigenvalue weighted by molar-refractivity contribution is 0.288. The zero-order valence-corrected chi connectivity index (χ0v) is 9.95. The van der Waals surface area contributed by atoms with Crippen LogP contribution in [0.2, 0.25) is 0 Å². The van der Waals surface area contributed by atoms with Crippen molar-refractivity contribution in [1.29, 1.82) is 0 Å².